The molecule has 4 nitrogen and oxygen atoms in total. The predicted molar refractivity (Wildman–Crippen MR) is 83.6 cm³/mol. The van der Waals surface area contributed by atoms with Crippen LogP contribution in [0.3, 0.4) is 0 Å². The monoisotopic (exact) mass is 302 g/mol. The Bertz CT molecular complexity index is 370. The number of hydrogen-bond donors (Lipinski definition) is 1. The maximum atomic E-state index is 12.1. The highest BCUT2D eigenvalue weighted by molar-refractivity contribution is 8.00. The van der Waals surface area contributed by atoms with E-state index >= 15 is 0 Å². The Morgan fingerprint density at radius 3 is 2.68 bits per heavy atom. The van der Waals surface area contributed by atoms with Crippen molar-refractivity contribution >= 4 is 35.3 Å². The summed E-state index contributed by atoms with van der Waals surface area (Å²) in [5, 5.41) is 2.99. The van der Waals surface area contributed by atoms with E-state index in [1.807, 2.05) is 38.5 Å². The Morgan fingerprint density at radius 2 is 2.11 bits per heavy atom. The molecule has 0 saturated heterocycles. The van der Waals surface area contributed by atoms with Crippen LogP contribution in [0.25, 0.3) is 0 Å². The first-order chi connectivity index (χ1) is 8.90. The molecule has 1 aliphatic heterocycles. The summed E-state index contributed by atoms with van der Waals surface area (Å²) < 4.78 is -0.445. The highest BCUT2D eigenvalue weighted by atomic mass is 32.2. The fraction of sp³-hybridized carbons (Fsp3) is 0.692. The smallest absolute Gasteiger partial charge is 0.236 e. The highest BCUT2D eigenvalue weighted by Gasteiger charge is 2.29. The minimum atomic E-state index is -0.445. The molecule has 0 aromatic rings. The van der Waals surface area contributed by atoms with Crippen molar-refractivity contribution in [3.05, 3.63) is 12.2 Å². The van der Waals surface area contributed by atoms with Gasteiger partial charge >= 0.3 is 0 Å². The van der Waals surface area contributed by atoms with Crippen LogP contribution in [0, 0.1) is 0 Å². The molecule has 1 atom stereocenters. The van der Waals surface area contributed by atoms with Gasteiger partial charge in [-0.3, -0.25) is 9.59 Å². The largest absolute Gasteiger partial charge is 0.347 e. The zero-order valence-electron chi connectivity index (χ0n) is 11.9. The second-order valence-electron chi connectivity index (χ2n) is 4.95. The summed E-state index contributed by atoms with van der Waals surface area (Å²) in [5.74, 6) is 0.624. The Kier molecular flexibility index (Phi) is 6.26. The number of hydrogen-bond acceptors (Lipinski definition) is 4. The number of thioether (sulfide) groups is 2. The summed E-state index contributed by atoms with van der Waals surface area (Å²) in [6, 6.07) is -0.0847. The van der Waals surface area contributed by atoms with Gasteiger partial charge in [-0.25, -0.2) is 0 Å². The third-order valence-electron chi connectivity index (χ3n) is 3.11. The van der Waals surface area contributed by atoms with E-state index in [2.05, 4.69) is 5.32 Å². The minimum Gasteiger partial charge on any atom is -0.347 e. The van der Waals surface area contributed by atoms with Crippen LogP contribution in [0.2, 0.25) is 0 Å². The molecule has 2 amide bonds. The SMILES string of the molecule is CSCC(=O)N1CC=CC(NC(=O)C(C)(C)SC)C1. The van der Waals surface area contributed by atoms with Crippen molar-refractivity contribution < 1.29 is 9.59 Å². The molecule has 108 valence electrons. The van der Waals surface area contributed by atoms with Crippen molar-refractivity contribution in [1.29, 1.82) is 0 Å². The van der Waals surface area contributed by atoms with Crippen molar-refractivity contribution in [2.24, 2.45) is 0 Å². The Balaban J connectivity index is 2.57. The minimum absolute atomic E-state index is 0.00816. The van der Waals surface area contributed by atoms with Crippen molar-refractivity contribution in [2.45, 2.75) is 24.6 Å². The summed E-state index contributed by atoms with van der Waals surface area (Å²) in [5.41, 5.74) is 0. The number of nitrogens with zero attached hydrogens (tertiary/aromatic N) is 1. The Morgan fingerprint density at radius 1 is 1.42 bits per heavy atom. The van der Waals surface area contributed by atoms with Gasteiger partial charge in [0.2, 0.25) is 11.8 Å². The van der Waals surface area contributed by atoms with E-state index in [0.29, 0.717) is 18.8 Å². The second kappa shape index (κ2) is 7.24. The van der Waals surface area contributed by atoms with E-state index in [0.717, 1.165) is 0 Å². The van der Waals surface area contributed by atoms with Crippen molar-refractivity contribution in [1.82, 2.24) is 10.2 Å². The maximum absolute atomic E-state index is 12.1. The van der Waals surface area contributed by atoms with Crippen LogP contribution < -0.4 is 5.32 Å². The van der Waals surface area contributed by atoms with Crippen molar-refractivity contribution in [3.8, 4) is 0 Å². The lowest BCUT2D eigenvalue weighted by atomic mass is 10.1. The third-order valence-corrected chi connectivity index (χ3v) is 4.85. The van der Waals surface area contributed by atoms with Gasteiger partial charge < -0.3 is 10.2 Å². The third kappa shape index (κ3) is 4.76. The quantitative estimate of drug-likeness (QED) is 0.780. The number of carbonyl (C=O) groups excluding carboxylic acids is 2. The standard InChI is InChI=1S/C13H22N2O2S2/c1-13(2,19-4)12(17)14-10-6-5-7-15(8-10)11(16)9-18-3/h5-6,10H,7-9H2,1-4H3,(H,14,17). The van der Waals surface area contributed by atoms with Gasteiger partial charge in [-0.05, 0) is 26.4 Å². The predicted octanol–water partition coefficient (Wildman–Crippen LogP) is 1.37. The van der Waals surface area contributed by atoms with Crippen LogP contribution >= 0.6 is 23.5 Å². The van der Waals surface area contributed by atoms with Crippen LogP contribution in [-0.2, 0) is 9.59 Å². The molecule has 0 saturated carbocycles. The summed E-state index contributed by atoms with van der Waals surface area (Å²) >= 11 is 3.04. The maximum Gasteiger partial charge on any atom is 0.236 e. The summed E-state index contributed by atoms with van der Waals surface area (Å²) in [4.78, 5) is 25.7. The molecule has 1 N–H and O–H groups in total. The van der Waals surface area contributed by atoms with Gasteiger partial charge in [0.25, 0.3) is 0 Å². The molecular formula is C13H22N2O2S2. The lowest BCUT2D eigenvalue weighted by Crippen LogP contribution is -2.51. The van der Waals surface area contributed by atoms with E-state index < -0.39 is 4.75 Å². The van der Waals surface area contributed by atoms with Gasteiger partial charge in [0.1, 0.15) is 0 Å². The van der Waals surface area contributed by atoms with Gasteiger partial charge in [0, 0.05) is 13.1 Å². The zero-order valence-corrected chi connectivity index (χ0v) is 13.6. The molecule has 0 fully saturated rings. The normalized spacial score (nSPS) is 19.4. The molecule has 1 unspecified atom stereocenters. The molecule has 0 aromatic carbocycles. The van der Waals surface area contributed by atoms with E-state index in [9.17, 15) is 9.59 Å². The molecule has 6 heteroatoms. The van der Waals surface area contributed by atoms with Crippen LogP contribution in [0.15, 0.2) is 12.2 Å². The summed E-state index contributed by atoms with van der Waals surface area (Å²) in [7, 11) is 0. The summed E-state index contributed by atoms with van der Waals surface area (Å²) in [6.45, 7) is 5.00. The lowest BCUT2D eigenvalue weighted by Gasteiger charge is -2.31. The first-order valence-corrected chi connectivity index (χ1v) is 8.82. The molecule has 1 rings (SSSR count). The molecular weight excluding hydrogens is 280 g/mol. The average Bonchev–Trinajstić information content (AvgIpc) is 2.39. The molecule has 1 heterocycles. The van der Waals surface area contributed by atoms with Crippen LogP contribution in [0.5, 0.6) is 0 Å². The first-order valence-electron chi connectivity index (χ1n) is 6.20. The average molecular weight is 302 g/mol. The zero-order chi connectivity index (χ0) is 14.5. The van der Waals surface area contributed by atoms with Crippen molar-refractivity contribution in [3.63, 3.8) is 0 Å². The van der Waals surface area contributed by atoms with E-state index in [4.69, 9.17) is 0 Å². The summed E-state index contributed by atoms with van der Waals surface area (Å²) in [6.07, 6.45) is 7.75. The highest BCUT2D eigenvalue weighted by Crippen LogP contribution is 2.21. The molecule has 19 heavy (non-hydrogen) atoms. The number of amides is 2. The molecule has 0 aliphatic carbocycles. The van der Waals surface area contributed by atoms with Crippen molar-refractivity contribution in [2.75, 3.05) is 31.4 Å². The van der Waals surface area contributed by atoms with E-state index in [-0.39, 0.29) is 17.9 Å². The Labute approximate surface area is 123 Å². The van der Waals surface area contributed by atoms with Crippen LogP contribution in [-0.4, -0.2) is 58.9 Å². The molecule has 0 spiro atoms. The van der Waals surface area contributed by atoms with Gasteiger partial charge in [-0.1, -0.05) is 12.2 Å². The molecule has 1 aliphatic rings. The fourth-order valence-electron chi connectivity index (χ4n) is 1.67. The molecule has 0 aromatic heterocycles. The number of carbonyl (C=O) groups is 2. The molecule has 0 bridgehead atoms. The molecule has 0 radical (unpaired) electrons. The van der Waals surface area contributed by atoms with Gasteiger partial charge in [-0.15, -0.1) is 11.8 Å². The topological polar surface area (TPSA) is 49.4 Å². The first kappa shape index (κ1) is 16.4. The fourth-order valence-corrected chi connectivity index (χ4v) is 2.35. The van der Waals surface area contributed by atoms with Gasteiger partial charge in [-0.2, -0.15) is 11.8 Å². The van der Waals surface area contributed by atoms with Crippen LogP contribution in [0.4, 0.5) is 0 Å². The second-order valence-corrected chi connectivity index (χ2v) is 7.25. The van der Waals surface area contributed by atoms with E-state index in [1.54, 1.807) is 4.90 Å². The van der Waals surface area contributed by atoms with Gasteiger partial charge in [0.15, 0.2) is 0 Å². The number of nitrogens with one attached hydrogen (secondary N) is 1. The number of rotatable bonds is 5. The van der Waals surface area contributed by atoms with E-state index in [1.165, 1.54) is 23.5 Å². The Hall–Kier alpha value is -0.620. The van der Waals surface area contributed by atoms with Gasteiger partial charge in [0.05, 0.1) is 16.5 Å². The van der Waals surface area contributed by atoms with Crippen LogP contribution in [0.1, 0.15) is 13.8 Å². The lowest BCUT2D eigenvalue weighted by molar-refractivity contribution is -0.129.